The highest BCUT2D eigenvalue weighted by molar-refractivity contribution is 5.67. The molecule has 1 heterocycles. The van der Waals surface area contributed by atoms with Crippen LogP contribution >= 0.6 is 0 Å². The van der Waals surface area contributed by atoms with Crippen molar-refractivity contribution in [3.8, 4) is 11.9 Å². The molecule has 1 rings (SSSR count). The van der Waals surface area contributed by atoms with Crippen molar-refractivity contribution in [3.05, 3.63) is 11.8 Å². The molecule has 0 aliphatic carbocycles. The molecule has 0 aliphatic rings. The van der Waals surface area contributed by atoms with E-state index in [1.54, 1.807) is 0 Å². The first-order chi connectivity index (χ1) is 8.49. The second-order valence-corrected chi connectivity index (χ2v) is 3.43. The van der Waals surface area contributed by atoms with Crippen LogP contribution < -0.4 is 9.47 Å². The maximum absolute atomic E-state index is 10.4. The number of ether oxygens (including phenoxy) is 2. The zero-order valence-corrected chi connectivity index (χ0v) is 9.90. The predicted octanol–water partition coefficient (Wildman–Crippen LogP) is -0.637. The number of methoxy groups -OCH3 is 2. The Morgan fingerprint density at radius 1 is 1.39 bits per heavy atom. The number of carboxylic acids is 1. The highest BCUT2D eigenvalue weighted by atomic mass is 16.5. The van der Waals surface area contributed by atoms with Crippen molar-refractivity contribution in [1.29, 1.82) is 0 Å². The van der Waals surface area contributed by atoms with E-state index in [1.165, 1.54) is 20.4 Å². The number of hydrogen-bond donors (Lipinski definition) is 3. The van der Waals surface area contributed by atoms with Crippen molar-refractivity contribution in [1.82, 2.24) is 9.97 Å². The molecule has 18 heavy (non-hydrogen) atoms. The lowest BCUT2D eigenvalue weighted by Crippen LogP contribution is -2.22. The number of carbonyl (C=O) groups is 1. The zero-order chi connectivity index (χ0) is 13.7. The van der Waals surface area contributed by atoms with E-state index >= 15 is 0 Å². The first kappa shape index (κ1) is 14.1. The molecule has 0 aromatic carbocycles. The Kier molecular flexibility index (Phi) is 4.81. The highest BCUT2D eigenvalue weighted by Crippen LogP contribution is 2.27. The minimum absolute atomic E-state index is 0.0128. The molecule has 0 radical (unpaired) electrons. The van der Waals surface area contributed by atoms with Crippen molar-refractivity contribution in [2.24, 2.45) is 0 Å². The normalized spacial score (nSPS) is 13.8. The van der Waals surface area contributed by atoms with Crippen molar-refractivity contribution < 1.29 is 29.6 Å². The van der Waals surface area contributed by atoms with Crippen LogP contribution in [0.25, 0.3) is 0 Å². The molecule has 1 aromatic rings. The molecular weight excluding hydrogens is 244 g/mol. The lowest BCUT2D eigenvalue weighted by molar-refractivity contribution is -0.141. The number of aliphatic carboxylic acids is 1. The Hall–Kier alpha value is -1.93. The van der Waals surface area contributed by atoms with Gasteiger partial charge in [0.1, 0.15) is 6.10 Å². The SMILES string of the molecule is COc1ncc(C(O)C(O)CC(=O)O)c(OC)n1. The minimum atomic E-state index is -1.48. The van der Waals surface area contributed by atoms with Crippen LogP contribution in [0, 0.1) is 0 Å². The third-order valence-corrected chi connectivity index (χ3v) is 2.20. The van der Waals surface area contributed by atoms with E-state index in [9.17, 15) is 15.0 Å². The lowest BCUT2D eigenvalue weighted by Gasteiger charge is -2.17. The monoisotopic (exact) mass is 258 g/mol. The summed E-state index contributed by atoms with van der Waals surface area (Å²) in [6, 6.07) is 0.0375. The second-order valence-electron chi connectivity index (χ2n) is 3.43. The molecule has 3 N–H and O–H groups in total. The van der Waals surface area contributed by atoms with Crippen LogP contribution in [0.2, 0.25) is 0 Å². The molecule has 0 spiro atoms. The molecule has 2 atom stereocenters. The minimum Gasteiger partial charge on any atom is -0.481 e. The summed E-state index contributed by atoms with van der Waals surface area (Å²) in [5, 5.41) is 27.8. The Balaban J connectivity index is 2.97. The number of aromatic nitrogens is 2. The van der Waals surface area contributed by atoms with Crippen LogP contribution in [0.3, 0.4) is 0 Å². The standard InChI is InChI=1S/C10H14N2O6/c1-17-9-5(4-11-10(12-9)18-2)8(16)6(13)3-7(14)15/h4,6,8,13,16H,3H2,1-2H3,(H,14,15). The molecule has 0 bridgehead atoms. The highest BCUT2D eigenvalue weighted by Gasteiger charge is 2.25. The Labute approximate surface area is 103 Å². The van der Waals surface area contributed by atoms with Gasteiger partial charge in [-0.1, -0.05) is 0 Å². The van der Waals surface area contributed by atoms with Gasteiger partial charge in [0.15, 0.2) is 0 Å². The van der Waals surface area contributed by atoms with Crippen molar-refractivity contribution in [2.75, 3.05) is 14.2 Å². The summed E-state index contributed by atoms with van der Waals surface area (Å²) in [5.41, 5.74) is 0.0899. The molecule has 0 amide bonds. The zero-order valence-electron chi connectivity index (χ0n) is 9.90. The smallest absolute Gasteiger partial charge is 0.319 e. The summed E-state index contributed by atoms with van der Waals surface area (Å²) in [5.74, 6) is -1.21. The average Bonchev–Trinajstić information content (AvgIpc) is 2.36. The molecule has 8 heteroatoms. The topological polar surface area (TPSA) is 122 Å². The van der Waals surface area contributed by atoms with Crippen LogP contribution in [0.5, 0.6) is 11.9 Å². The van der Waals surface area contributed by atoms with Gasteiger partial charge >= 0.3 is 12.0 Å². The summed E-state index contributed by atoms with van der Waals surface area (Å²) in [4.78, 5) is 18.0. The van der Waals surface area contributed by atoms with E-state index in [2.05, 4.69) is 9.97 Å². The number of rotatable bonds is 6. The van der Waals surface area contributed by atoms with Gasteiger partial charge in [-0.05, 0) is 0 Å². The second kappa shape index (κ2) is 6.12. The Morgan fingerprint density at radius 3 is 2.56 bits per heavy atom. The van der Waals surface area contributed by atoms with E-state index in [1.807, 2.05) is 0 Å². The van der Waals surface area contributed by atoms with Crippen LogP contribution in [-0.4, -0.2) is 51.6 Å². The van der Waals surface area contributed by atoms with E-state index in [-0.39, 0.29) is 17.5 Å². The maximum atomic E-state index is 10.4. The molecular formula is C10H14N2O6. The molecule has 0 saturated carbocycles. The summed E-state index contributed by atoms with van der Waals surface area (Å²) in [6.45, 7) is 0. The van der Waals surface area contributed by atoms with Gasteiger partial charge in [-0.2, -0.15) is 4.98 Å². The number of hydrogen-bond acceptors (Lipinski definition) is 7. The van der Waals surface area contributed by atoms with Crippen molar-refractivity contribution in [3.63, 3.8) is 0 Å². The molecule has 0 saturated heterocycles. The van der Waals surface area contributed by atoms with Gasteiger partial charge in [-0.3, -0.25) is 4.79 Å². The Bertz CT molecular complexity index is 425. The van der Waals surface area contributed by atoms with Gasteiger partial charge in [0.2, 0.25) is 5.88 Å². The number of nitrogens with zero attached hydrogens (tertiary/aromatic N) is 2. The van der Waals surface area contributed by atoms with Crippen LogP contribution in [0.4, 0.5) is 0 Å². The first-order valence-electron chi connectivity index (χ1n) is 5.02. The first-order valence-corrected chi connectivity index (χ1v) is 5.02. The number of aliphatic hydroxyl groups is 2. The van der Waals surface area contributed by atoms with Gasteiger partial charge in [-0.15, -0.1) is 0 Å². The van der Waals surface area contributed by atoms with Gasteiger partial charge < -0.3 is 24.8 Å². The molecule has 8 nitrogen and oxygen atoms in total. The molecule has 0 fully saturated rings. The third kappa shape index (κ3) is 3.28. The predicted molar refractivity (Wildman–Crippen MR) is 58.4 cm³/mol. The fourth-order valence-corrected chi connectivity index (χ4v) is 1.32. The summed E-state index contributed by atoms with van der Waals surface area (Å²) >= 11 is 0. The largest absolute Gasteiger partial charge is 0.481 e. The van der Waals surface area contributed by atoms with Gasteiger partial charge in [0.25, 0.3) is 0 Å². The average molecular weight is 258 g/mol. The van der Waals surface area contributed by atoms with E-state index in [0.717, 1.165) is 0 Å². The molecule has 0 aliphatic heterocycles. The summed E-state index contributed by atoms with van der Waals surface area (Å²) in [6.07, 6.45) is -2.33. The quantitative estimate of drug-likeness (QED) is 0.616. The Morgan fingerprint density at radius 2 is 2.06 bits per heavy atom. The van der Waals surface area contributed by atoms with Crippen molar-refractivity contribution >= 4 is 5.97 Å². The number of carboxylic acid groups (broad SMARTS) is 1. The van der Waals surface area contributed by atoms with Gasteiger partial charge in [0.05, 0.1) is 32.3 Å². The van der Waals surface area contributed by atoms with Crippen LogP contribution in [0.1, 0.15) is 18.1 Å². The van der Waals surface area contributed by atoms with E-state index in [0.29, 0.717) is 0 Å². The van der Waals surface area contributed by atoms with Crippen LogP contribution in [0.15, 0.2) is 6.20 Å². The third-order valence-electron chi connectivity index (χ3n) is 2.20. The summed E-state index contributed by atoms with van der Waals surface area (Å²) < 4.78 is 9.69. The molecule has 1 aromatic heterocycles. The van der Waals surface area contributed by atoms with Gasteiger partial charge in [-0.25, -0.2) is 4.98 Å². The van der Waals surface area contributed by atoms with Crippen molar-refractivity contribution in [2.45, 2.75) is 18.6 Å². The van der Waals surface area contributed by atoms with Crippen LogP contribution in [-0.2, 0) is 4.79 Å². The number of aliphatic hydroxyl groups excluding tert-OH is 2. The molecule has 100 valence electrons. The summed E-state index contributed by atoms with van der Waals surface area (Å²) in [7, 11) is 2.69. The van der Waals surface area contributed by atoms with E-state index < -0.39 is 24.6 Å². The maximum Gasteiger partial charge on any atom is 0.319 e. The molecule has 2 unspecified atom stereocenters. The van der Waals surface area contributed by atoms with Gasteiger partial charge in [0, 0.05) is 6.20 Å². The lowest BCUT2D eigenvalue weighted by atomic mass is 10.0. The fourth-order valence-electron chi connectivity index (χ4n) is 1.32. The van der Waals surface area contributed by atoms with E-state index in [4.69, 9.17) is 14.6 Å². The fraction of sp³-hybridized carbons (Fsp3) is 0.500.